The van der Waals surface area contributed by atoms with Crippen LogP contribution in [0.15, 0.2) is 53.0 Å². The average molecular weight is 821 g/mol. The van der Waals surface area contributed by atoms with Gasteiger partial charge in [-0.3, -0.25) is 23.6 Å². The van der Waals surface area contributed by atoms with Gasteiger partial charge in [-0.2, -0.15) is 15.0 Å². The monoisotopic (exact) mass is 820 g/mol. The number of aromatic nitrogens is 9. The molecule has 0 radical (unpaired) electrons. The van der Waals surface area contributed by atoms with Crippen molar-refractivity contribution in [3.05, 3.63) is 116 Å². The van der Waals surface area contributed by atoms with E-state index in [1.165, 1.54) is 33.1 Å². The van der Waals surface area contributed by atoms with Crippen molar-refractivity contribution in [2.24, 2.45) is 0 Å². The van der Waals surface area contributed by atoms with Crippen molar-refractivity contribution in [3.8, 4) is 0 Å². The van der Waals surface area contributed by atoms with Crippen LogP contribution >= 0.6 is 11.6 Å². The molecule has 17 nitrogen and oxygen atoms in total. The number of fused-ring (bicyclic) bond motifs is 5. The van der Waals surface area contributed by atoms with E-state index < -0.39 is 11.4 Å². The second-order valence-corrected chi connectivity index (χ2v) is 16.1. The van der Waals surface area contributed by atoms with Crippen LogP contribution in [0.4, 0.5) is 0 Å². The highest BCUT2D eigenvalue weighted by atomic mass is 35.5. The maximum absolute atomic E-state index is 12.8. The maximum Gasteiger partial charge on any atom is 0.353 e. The summed E-state index contributed by atoms with van der Waals surface area (Å²) in [6, 6.07) is 9.35. The molecule has 2 saturated heterocycles. The molecule has 4 aromatic rings. The molecule has 0 amide bonds. The molecule has 0 aliphatic carbocycles. The lowest BCUT2D eigenvalue weighted by Crippen LogP contribution is -2.50. The zero-order chi connectivity index (χ0) is 40.8. The van der Waals surface area contributed by atoms with E-state index in [0.717, 1.165) is 75.3 Å². The van der Waals surface area contributed by atoms with Crippen LogP contribution in [0.5, 0.6) is 0 Å². The molecule has 2 unspecified atom stereocenters. The summed E-state index contributed by atoms with van der Waals surface area (Å²) in [6.45, 7) is 6.20. The third-order valence-corrected chi connectivity index (χ3v) is 12.2. The maximum atomic E-state index is 12.8. The van der Waals surface area contributed by atoms with Gasteiger partial charge in [0.25, 0.3) is 0 Å². The Labute approximate surface area is 339 Å². The third-order valence-electron chi connectivity index (χ3n) is 12.0. The fourth-order valence-electron chi connectivity index (χ4n) is 8.92. The fourth-order valence-corrected chi connectivity index (χ4v) is 9.09. The van der Waals surface area contributed by atoms with Gasteiger partial charge in [-0.15, -0.1) is 11.6 Å². The van der Waals surface area contributed by atoms with Gasteiger partial charge in [-0.05, 0) is 82.3 Å². The molecule has 2 fully saturated rings. The SMILES string of the molecule is Cc1ccccc1COC1CC2CCC(C1)N2CCn1c(=O)nc2n(c1=O)CCCC2.O=c1nc2n(c(=O)[nH]1)CCCC2.O=c1nc2n(c(=O)n1CCCl)CCCC2. The van der Waals surface area contributed by atoms with Crippen molar-refractivity contribution in [1.29, 1.82) is 0 Å². The second-order valence-electron chi connectivity index (χ2n) is 15.7. The van der Waals surface area contributed by atoms with E-state index in [0.29, 0.717) is 68.8 Å². The van der Waals surface area contributed by atoms with Crippen molar-refractivity contribution in [1.82, 2.24) is 47.7 Å². The van der Waals surface area contributed by atoms with Crippen molar-refractivity contribution >= 4 is 11.6 Å². The largest absolute Gasteiger partial charge is 0.373 e. The smallest absolute Gasteiger partial charge is 0.353 e. The van der Waals surface area contributed by atoms with Crippen LogP contribution < -0.4 is 34.1 Å². The summed E-state index contributed by atoms with van der Waals surface area (Å²) in [6.07, 6.45) is 12.8. The first-order valence-corrected chi connectivity index (χ1v) is 21.2. The molecule has 5 aliphatic rings. The molecule has 18 heteroatoms. The van der Waals surface area contributed by atoms with Crippen LogP contribution in [0, 0.1) is 6.92 Å². The molecule has 5 aliphatic heterocycles. The van der Waals surface area contributed by atoms with Gasteiger partial charge in [-0.1, -0.05) is 24.3 Å². The molecule has 0 spiro atoms. The molecule has 2 atom stereocenters. The Morgan fingerprint density at radius 3 is 1.79 bits per heavy atom. The van der Waals surface area contributed by atoms with Crippen molar-refractivity contribution in [2.45, 2.75) is 148 Å². The number of halogens is 1. The summed E-state index contributed by atoms with van der Waals surface area (Å²) in [7, 11) is 0. The molecule has 1 aromatic carbocycles. The highest BCUT2D eigenvalue weighted by Gasteiger charge is 2.41. The quantitative estimate of drug-likeness (QED) is 0.253. The lowest BCUT2D eigenvalue weighted by molar-refractivity contribution is -0.0291. The topological polar surface area (TPSA) is 194 Å². The Morgan fingerprint density at radius 2 is 1.22 bits per heavy atom. The highest BCUT2D eigenvalue weighted by Crippen LogP contribution is 2.37. The van der Waals surface area contributed by atoms with E-state index in [2.05, 4.69) is 56.0 Å². The summed E-state index contributed by atoms with van der Waals surface area (Å²) in [5, 5.41) is 0. The lowest BCUT2D eigenvalue weighted by Gasteiger charge is -2.39. The standard InChI is InChI=1S/C24H32N4O3.C9H12ClN3O2.C7H9N3O2/c1-17-6-2-3-7-18(17)16-31-21-14-19-9-10-20(15-21)26(19)12-13-28-23(29)25-22-8-4-5-11-27(22)24(28)30;10-4-6-13-8(14)11-7-3-1-2-5-12(7)9(13)15;11-6-8-5-3-1-2-4-10(5)7(12)9-6/h2-3,6-7,19-21H,4-5,8-16H2,1H3;1-6H2;1-4H2,(H,9,11,12). The van der Waals surface area contributed by atoms with E-state index in [4.69, 9.17) is 16.3 Å². The summed E-state index contributed by atoms with van der Waals surface area (Å²) in [5.41, 5.74) is 0.354. The van der Waals surface area contributed by atoms with Crippen molar-refractivity contribution in [2.75, 3.05) is 12.4 Å². The lowest BCUT2D eigenvalue weighted by atomic mass is 9.99. The molecule has 0 saturated carbocycles. The van der Waals surface area contributed by atoms with Gasteiger partial charge in [-0.25, -0.2) is 37.9 Å². The van der Waals surface area contributed by atoms with Gasteiger partial charge >= 0.3 is 34.1 Å². The molecule has 312 valence electrons. The number of nitrogens with one attached hydrogen (secondary N) is 1. The number of H-pyrrole nitrogens is 1. The summed E-state index contributed by atoms with van der Waals surface area (Å²) >= 11 is 5.53. The Bertz CT molecular complexity index is 2440. The molecule has 8 heterocycles. The van der Waals surface area contributed by atoms with Crippen molar-refractivity contribution in [3.63, 3.8) is 0 Å². The number of hydrogen-bond donors (Lipinski definition) is 1. The first-order chi connectivity index (χ1) is 28.1. The van der Waals surface area contributed by atoms with Gasteiger partial charge in [0.05, 0.1) is 12.7 Å². The first kappa shape index (κ1) is 41.4. The number of alkyl halides is 1. The number of ether oxygens (including phenoxy) is 1. The summed E-state index contributed by atoms with van der Waals surface area (Å²) in [4.78, 5) is 87.0. The highest BCUT2D eigenvalue weighted by molar-refractivity contribution is 6.17. The number of aryl methyl sites for hydroxylation is 4. The fraction of sp³-hybridized carbons (Fsp3) is 0.625. The molecular weight excluding hydrogens is 768 g/mol. The second kappa shape index (κ2) is 18.9. The average Bonchev–Trinajstić information content (AvgIpc) is 3.45. The van der Waals surface area contributed by atoms with E-state index in [1.807, 2.05) is 0 Å². The zero-order valence-corrected chi connectivity index (χ0v) is 33.9. The van der Waals surface area contributed by atoms with Crippen LogP contribution in [-0.4, -0.2) is 78.3 Å². The zero-order valence-electron chi connectivity index (χ0n) is 33.2. The van der Waals surface area contributed by atoms with Crippen LogP contribution in [0.1, 0.15) is 92.8 Å². The molecule has 2 bridgehead atoms. The van der Waals surface area contributed by atoms with E-state index in [9.17, 15) is 28.8 Å². The van der Waals surface area contributed by atoms with Gasteiger partial charge < -0.3 is 4.74 Å². The van der Waals surface area contributed by atoms with Crippen molar-refractivity contribution < 1.29 is 4.74 Å². The van der Waals surface area contributed by atoms with Gasteiger partial charge in [0.1, 0.15) is 17.5 Å². The van der Waals surface area contributed by atoms with Crippen LogP contribution in [0.2, 0.25) is 0 Å². The van der Waals surface area contributed by atoms with E-state index in [1.54, 1.807) is 9.13 Å². The minimum atomic E-state index is -0.534. The Morgan fingerprint density at radius 1 is 0.690 bits per heavy atom. The van der Waals surface area contributed by atoms with Gasteiger partial charge in [0, 0.05) is 76.5 Å². The Kier molecular flexibility index (Phi) is 13.5. The normalized spacial score (nSPS) is 20.8. The summed E-state index contributed by atoms with van der Waals surface area (Å²) in [5.74, 6) is 2.14. The number of rotatable bonds is 8. The summed E-state index contributed by atoms with van der Waals surface area (Å²) < 4.78 is 13.6. The number of nitrogens with zero attached hydrogens (tertiary/aromatic N) is 9. The number of piperidine rings is 1. The number of aromatic amines is 1. The van der Waals surface area contributed by atoms with E-state index in [-0.39, 0.29) is 41.3 Å². The van der Waals surface area contributed by atoms with Crippen LogP contribution in [-0.2, 0) is 63.3 Å². The van der Waals surface area contributed by atoms with Crippen LogP contribution in [0.3, 0.4) is 0 Å². The molecule has 58 heavy (non-hydrogen) atoms. The minimum absolute atomic E-state index is 0.182. The Balaban J connectivity index is 0.000000156. The molecule has 1 N–H and O–H groups in total. The Hall–Kier alpha value is -4.74. The number of benzene rings is 1. The van der Waals surface area contributed by atoms with Crippen LogP contribution in [0.25, 0.3) is 0 Å². The predicted molar refractivity (Wildman–Crippen MR) is 217 cm³/mol. The molecule has 9 rings (SSSR count). The molecular formula is C40H53ClN10O7. The van der Waals surface area contributed by atoms with E-state index >= 15 is 0 Å². The first-order valence-electron chi connectivity index (χ1n) is 20.7. The van der Waals surface area contributed by atoms with Gasteiger partial charge in [0.15, 0.2) is 0 Å². The number of hydrogen-bond acceptors (Lipinski definition) is 11. The van der Waals surface area contributed by atoms with Gasteiger partial charge in [0.2, 0.25) is 0 Å². The third kappa shape index (κ3) is 9.42. The minimum Gasteiger partial charge on any atom is -0.373 e. The molecule has 3 aromatic heterocycles. The predicted octanol–water partition coefficient (Wildman–Crippen LogP) is 1.51.